The normalized spacial score (nSPS) is 26.3. The van der Waals surface area contributed by atoms with Crippen molar-refractivity contribution in [2.24, 2.45) is 5.92 Å². The molecule has 4 heterocycles. The number of rotatable bonds is 5. The van der Waals surface area contributed by atoms with Gasteiger partial charge in [-0.25, -0.2) is 19.6 Å². The van der Waals surface area contributed by atoms with E-state index in [9.17, 15) is 29.5 Å². The summed E-state index contributed by atoms with van der Waals surface area (Å²) in [5.74, 6) is -2.40. The Balaban J connectivity index is 1.34. The van der Waals surface area contributed by atoms with Gasteiger partial charge in [-0.1, -0.05) is 31.1 Å². The molecule has 5 atom stereocenters. The first-order valence-corrected chi connectivity index (χ1v) is 17.7. The van der Waals surface area contributed by atoms with Gasteiger partial charge in [0.25, 0.3) is 0 Å². The maximum atomic E-state index is 14.3. The van der Waals surface area contributed by atoms with Crippen LogP contribution >= 0.6 is 11.3 Å². The Labute approximate surface area is 293 Å². The number of aliphatic carboxylic acids is 1. The number of nitriles is 1. The number of alkyl carbamates (subject to hydrolysis) is 1. The van der Waals surface area contributed by atoms with Crippen molar-refractivity contribution < 1.29 is 33.8 Å². The zero-order chi connectivity index (χ0) is 35.6. The zero-order valence-electron chi connectivity index (χ0n) is 28.2. The van der Waals surface area contributed by atoms with Gasteiger partial charge in [0.05, 0.1) is 34.1 Å². The molecule has 0 spiro atoms. The Morgan fingerprint density at radius 3 is 2.70 bits per heavy atom. The second kappa shape index (κ2) is 14.1. The van der Waals surface area contributed by atoms with Crippen LogP contribution in [0.15, 0.2) is 47.9 Å². The highest BCUT2D eigenvalue weighted by Crippen LogP contribution is 2.45. The van der Waals surface area contributed by atoms with E-state index in [4.69, 9.17) is 19.4 Å². The van der Waals surface area contributed by atoms with Crippen molar-refractivity contribution in [2.45, 2.75) is 95.0 Å². The minimum absolute atomic E-state index is 0.0240. The summed E-state index contributed by atoms with van der Waals surface area (Å²) >= 11 is 1.43. The van der Waals surface area contributed by atoms with Crippen LogP contribution in [0.1, 0.15) is 71.3 Å². The largest absolute Gasteiger partial charge is 0.479 e. The molecule has 6 rings (SSSR count). The van der Waals surface area contributed by atoms with Gasteiger partial charge in [-0.05, 0) is 76.1 Å². The fraction of sp³-hybridized carbons (Fsp3) is 0.472. The first-order chi connectivity index (χ1) is 23.9. The number of ether oxygens (including phenoxy) is 2. The smallest absolute Gasteiger partial charge is 0.408 e. The molecule has 3 N–H and O–H groups in total. The number of benzene rings is 1. The lowest BCUT2D eigenvalue weighted by molar-refractivity contribution is -0.145. The number of nitrogens with one attached hydrogen (secondary N) is 2. The van der Waals surface area contributed by atoms with Gasteiger partial charge in [-0.15, -0.1) is 11.3 Å². The highest BCUT2D eigenvalue weighted by Gasteiger charge is 2.61. The van der Waals surface area contributed by atoms with E-state index in [-0.39, 0.29) is 31.2 Å². The molecule has 1 saturated carbocycles. The van der Waals surface area contributed by atoms with Crippen molar-refractivity contribution in [1.82, 2.24) is 25.5 Å². The summed E-state index contributed by atoms with van der Waals surface area (Å²) in [7, 11) is 0. The van der Waals surface area contributed by atoms with Crippen LogP contribution in [0.2, 0.25) is 0 Å². The molecule has 2 aliphatic heterocycles. The second-order valence-corrected chi connectivity index (χ2v) is 14.9. The molecule has 3 amide bonds. The molecule has 50 heavy (non-hydrogen) atoms. The van der Waals surface area contributed by atoms with Crippen molar-refractivity contribution in [3.05, 3.63) is 53.4 Å². The molecule has 1 saturated heterocycles. The van der Waals surface area contributed by atoms with Crippen molar-refractivity contribution in [1.29, 1.82) is 5.26 Å². The van der Waals surface area contributed by atoms with Crippen LogP contribution in [-0.2, 0) is 19.1 Å². The highest BCUT2D eigenvalue weighted by atomic mass is 32.1. The lowest BCUT2D eigenvalue weighted by Crippen LogP contribution is -2.56. The van der Waals surface area contributed by atoms with Crippen molar-refractivity contribution in [2.75, 3.05) is 6.54 Å². The SMILES string of the molecule is CC(C)(C)OC(=O)N[C@@H]1CCCCC/C=C\C2CC2(C(=O)O)NC(=O)C2C[C@@H](Oc3nc4ccc(C#N)cc4nc3-c3cccs3)CN2C1=O. The lowest BCUT2D eigenvalue weighted by Gasteiger charge is -2.30. The van der Waals surface area contributed by atoms with Crippen LogP contribution in [0.3, 0.4) is 0 Å². The average molecular weight is 701 g/mol. The van der Waals surface area contributed by atoms with Crippen LogP contribution in [0.4, 0.5) is 4.79 Å². The van der Waals surface area contributed by atoms with Crippen molar-refractivity contribution in [3.63, 3.8) is 0 Å². The Hall–Kier alpha value is -5.03. The van der Waals surface area contributed by atoms with Gasteiger partial charge in [-0.2, -0.15) is 5.26 Å². The number of amides is 3. The van der Waals surface area contributed by atoms with Crippen LogP contribution in [0.25, 0.3) is 21.6 Å². The summed E-state index contributed by atoms with van der Waals surface area (Å²) in [6, 6.07) is 8.75. The predicted molar refractivity (Wildman–Crippen MR) is 184 cm³/mol. The molecular weight excluding hydrogens is 660 g/mol. The number of carbonyl (C=O) groups excluding carboxylic acids is 3. The monoisotopic (exact) mass is 700 g/mol. The maximum absolute atomic E-state index is 14.3. The standard InChI is InChI=1S/C36H40N6O7S/c1-35(2,3)49-34(47)40-25-11-8-6-4-5-7-10-22-18-36(22,33(45)46)41-30(43)27-17-23(20-42(27)32(25)44)48-31-29(28-12-9-15-50-28)38-26-16-21(19-37)13-14-24(26)39-31/h7,9-10,12-16,22-23,25,27H,4-6,8,11,17-18,20H2,1-3H3,(H,40,47)(H,41,43)(H,45,46)/b10-7-/t22?,23-,25-,27?,36?/m1/s1. The van der Waals surface area contributed by atoms with Crippen LogP contribution < -0.4 is 15.4 Å². The van der Waals surface area contributed by atoms with Crippen molar-refractivity contribution >= 4 is 46.2 Å². The molecule has 0 bridgehead atoms. The quantitative estimate of drug-likeness (QED) is 0.308. The van der Waals surface area contributed by atoms with E-state index in [0.717, 1.165) is 24.1 Å². The van der Waals surface area contributed by atoms with E-state index >= 15 is 0 Å². The summed E-state index contributed by atoms with van der Waals surface area (Å²) in [5.41, 5.74) is -0.365. The molecule has 1 aromatic carbocycles. The van der Waals surface area contributed by atoms with E-state index in [1.165, 1.54) is 16.2 Å². The summed E-state index contributed by atoms with van der Waals surface area (Å²) in [6.45, 7) is 5.16. The van der Waals surface area contributed by atoms with Gasteiger partial charge < -0.3 is 30.1 Å². The topological polar surface area (TPSA) is 184 Å². The number of carboxylic acid groups (broad SMARTS) is 1. The number of thiophene rings is 1. The molecule has 3 aliphatic rings. The Bertz CT molecular complexity index is 1870. The number of fused-ring (bicyclic) bond motifs is 3. The first-order valence-electron chi connectivity index (χ1n) is 16.8. The second-order valence-electron chi connectivity index (χ2n) is 14.0. The molecule has 2 aromatic heterocycles. The Kier molecular flexibility index (Phi) is 9.80. The zero-order valence-corrected chi connectivity index (χ0v) is 29.0. The molecule has 14 heteroatoms. The van der Waals surface area contributed by atoms with Crippen molar-refractivity contribution in [3.8, 4) is 22.5 Å². The van der Waals surface area contributed by atoms with Gasteiger partial charge in [0.1, 0.15) is 35.0 Å². The number of hydrogen-bond donors (Lipinski definition) is 3. The average Bonchev–Trinajstić information content (AvgIpc) is 3.37. The third-order valence-corrected chi connectivity index (χ3v) is 9.98. The summed E-state index contributed by atoms with van der Waals surface area (Å²) < 4.78 is 12.0. The lowest BCUT2D eigenvalue weighted by atomic mass is 10.0. The fourth-order valence-corrected chi connectivity index (χ4v) is 7.22. The Morgan fingerprint density at radius 1 is 1.16 bits per heavy atom. The summed E-state index contributed by atoms with van der Waals surface area (Å²) in [5, 5.41) is 27.0. The number of nitrogens with zero attached hydrogens (tertiary/aromatic N) is 4. The Morgan fingerprint density at radius 2 is 1.98 bits per heavy atom. The molecule has 0 radical (unpaired) electrons. The number of carboxylic acids is 1. The van der Waals surface area contributed by atoms with Crippen LogP contribution in [-0.4, -0.2) is 79.7 Å². The first kappa shape index (κ1) is 34.8. The fourth-order valence-electron chi connectivity index (χ4n) is 6.52. The van der Waals surface area contributed by atoms with E-state index in [2.05, 4.69) is 16.7 Å². The van der Waals surface area contributed by atoms with Gasteiger partial charge in [0.2, 0.25) is 17.7 Å². The number of carbonyl (C=O) groups is 4. The minimum Gasteiger partial charge on any atom is -0.479 e. The molecule has 3 unspecified atom stereocenters. The number of hydrogen-bond acceptors (Lipinski definition) is 10. The van der Waals surface area contributed by atoms with Gasteiger partial charge in [0, 0.05) is 12.3 Å². The molecule has 1 aliphatic carbocycles. The summed E-state index contributed by atoms with van der Waals surface area (Å²) in [6.07, 6.45) is 5.92. The number of allylic oxidation sites excluding steroid dienone is 1. The van der Waals surface area contributed by atoms with E-state index in [1.807, 2.05) is 29.7 Å². The van der Waals surface area contributed by atoms with Gasteiger partial charge in [-0.3, -0.25) is 9.59 Å². The maximum Gasteiger partial charge on any atom is 0.408 e. The molecule has 262 valence electrons. The third-order valence-electron chi connectivity index (χ3n) is 9.11. The highest BCUT2D eigenvalue weighted by molar-refractivity contribution is 7.13. The van der Waals surface area contributed by atoms with E-state index < -0.39 is 53.2 Å². The van der Waals surface area contributed by atoms with E-state index in [1.54, 1.807) is 39.0 Å². The van der Waals surface area contributed by atoms with Gasteiger partial charge >= 0.3 is 12.1 Å². The van der Waals surface area contributed by atoms with E-state index in [0.29, 0.717) is 35.1 Å². The van der Waals surface area contributed by atoms with Gasteiger partial charge in [0.15, 0.2) is 0 Å². The van der Waals surface area contributed by atoms with Crippen LogP contribution in [0.5, 0.6) is 5.88 Å². The molecule has 3 aromatic rings. The molecule has 2 fully saturated rings. The predicted octanol–water partition coefficient (Wildman–Crippen LogP) is 4.95. The third kappa shape index (κ3) is 7.57. The van der Waals surface area contributed by atoms with Crippen LogP contribution in [0, 0.1) is 17.2 Å². The molecule has 13 nitrogen and oxygen atoms in total. The number of aromatic nitrogens is 2. The minimum atomic E-state index is -1.46. The summed E-state index contributed by atoms with van der Waals surface area (Å²) in [4.78, 5) is 65.4. The molecular formula is C36H40N6O7S.